The first kappa shape index (κ1) is 18.5. The minimum Gasteiger partial charge on any atom is -0.350 e. The van der Waals surface area contributed by atoms with Crippen molar-refractivity contribution in [3.63, 3.8) is 0 Å². The van der Waals surface area contributed by atoms with E-state index in [1.807, 2.05) is 0 Å². The predicted octanol–water partition coefficient (Wildman–Crippen LogP) is 3.81. The molecule has 0 heterocycles. The van der Waals surface area contributed by atoms with Crippen LogP contribution < -0.4 is 5.32 Å². The third-order valence-corrected chi connectivity index (χ3v) is 4.56. The summed E-state index contributed by atoms with van der Waals surface area (Å²) in [6, 6.07) is 6.76. The Bertz CT molecular complexity index is 596. The molecule has 0 saturated carbocycles. The van der Waals surface area contributed by atoms with Crippen molar-refractivity contribution in [1.82, 2.24) is 10.2 Å². The number of hydrogen-bond donors (Lipinski definition) is 1. The second-order valence-corrected chi connectivity index (χ2v) is 6.56. The fourth-order valence-corrected chi connectivity index (χ4v) is 2.97. The Morgan fingerprint density at radius 3 is 2.54 bits per heavy atom. The van der Waals surface area contributed by atoms with Gasteiger partial charge in [-0.15, -0.1) is 0 Å². The highest BCUT2D eigenvalue weighted by Gasteiger charge is 2.12. The first-order valence-electron chi connectivity index (χ1n) is 8.53. The Morgan fingerprint density at radius 1 is 1.17 bits per heavy atom. The lowest BCUT2D eigenvalue weighted by atomic mass is 9.97. The molecular weight excluding hydrogens is 324 g/mol. The molecule has 1 aromatic carbocycles. The molecule has 1 aliphatic rings. The van der Waals surface area contributed by atoms with Crippen LogP contribution in [0.2, 0.25) is 5.02 Å². The normalized spacial score (nSPS) is 14.0. The van der Waals surface area contributed by atoms with Gasteiger partial charge in [0.05, 0.1) is 0 Å². The smallest absolute Gasteiger partial charge is 0.251 e. The van der Waals surface area contributed by atoms with Gasteiger partial charge in [-0.25, -0.2) is 0 Å². The van der Waals surface area contributed by atoms with Crippen molar-refractivity contribution in [3.8, 4) is 0 Å². The number of allylic oxidation sites excluding steroid dienone is 1. The van der Waals surface area contributed by atoms with E-state index in [-0.39, 0.29) is 11.8 Å². The van der Waals surface area contributed by atoms with Crippen LogP contribution in [0.4, 0.5) is 0 Å². The van der Waals surface area contributed by atoms with Crippen LogP contribution in [0.1, 0.15) is 49.4 Å². The fourth-order valence-electron chi connectivity index (χ4n) is 2.84. The van der Waals surface area contributed by atoms with Crippen LogP contribution in [0.5, 0.6) is 0 Å². The van der Waals surface area contributed by atoms with E-state index in [0.717, 1.165) is 25.8 Å². The standard InChI is InChI=1S/C19H25ClN2O2/c1-15(23)22(13-11-16-5-3-2-4-6-16)14-12-21-19(24)17-7-9-18(20)10-8-17/h5,7-10H,2-4,6,11-14H2,1H3,(H,21,24). The van der Waals surface area contributed by atoms with E-state index >= 15 is 0 Å². The van der Waals surface area contributed by atoms with Gasteiger partial charge in [0.2, 0.25) is 5.91 Å². The molecule has 0 unspecified atom stereocenters. The third-order valence-electron chi connectivity index (χ3n) is 4.31. The van der Waals surface area contributed by atoms with Crippen LogP contribution in [0, 0.1) is 0 Å². The minimum absolute atomic E-state index is 0.0483. The average molecular weight is 349 g/mol. The van der Waals surface area contributed by atoms with E-state index in [2.05, 4.69) is 11.4 Å². The van der Waals surface area contributed by atoms with Crippen LogP contribution in [-0.2, 0) is 4.79 Å². The number of carbonyl (C=O) groups excluding carboxylic acids is 2. The van der Waals surface area contributed by atoms with E-state index in [4.69, 9.17) is 11.6 Å². The molecule has 4 nitrogen and oxygen atoms in total. The lowest BCUT2D eigenvalue weighted by molar-refractivity contribution is -0.128. The maximum absolute atomic E-state index is 12.0. The number of hydrogen-bond acceptors (Lipinski definition) is 2. The van der Waals surface area contributed by atoms with Gasteiger partial charge >= 0.3 is 0 Å². The van der Waals surface area contributed by atoms with Gasteiger partial charge in [0, 0.05) is 37.1 Å². The molecule has 2 rings (SSSR count). The molecule has 130 valence electrons. The number of rotatable bonds is 7. The highest BCUT2D eigenvalue weighted by molar-refractivity contribution is 6.30. The topological polar surface area (TPSA) is 49.4 Å². The molecular formula is C19H25ClN2O2. The van der Waals surface area contributed by atoms with Gasteiger partial charge in [0.1, 0.15) is 0 Å². The molecule has 0 saturated heterocycles. The summed E-state index contributed by atoms with van der Waals surface area (Å²) in [7, 11) is 0. The molecule has 1 aliphatic carbocycles. The molecule has 5 heteroatoms. The van der Waals surface area contributed by atoms with Gasteiger partial charge in [-0.05, 0) is 56.4 Å². The molecule has 2 amide bonds. The van der Waals surface area contributed by atoms with E-state index in [9.17, 15) is 9.59 Å². The summed E-state index contributed by atoms with van der Waals surface area (Å²) in [6.07, 6.45) is 8.08. The van der Waals surface area contributed by atoms with E-state index in [0.29, 0.717) is 23.7 Å². The van der Waals surface area contributed by atoms with Gasteiger partial charge in [-0.3, -0.25) is 9.59 Å². The van der Waals surface area contributed by atoms with Crippen molar-refractivity contribution in [3.05, 3.63) is 46.5 Å². The van der Waals surface area contributed by atoms with E-state index < -0.39 is 0 Å². The predicted molar refractivity (Wildman–Crippen MR) is 97.2 cm³/mol. The Kier molecular flexibility index (Phi) is 7.32. The van der Waals surface area contributed by atoms with Crippen LogP contribution in [0.25, 0.3) is 0 Å². The molecule has 1 aromatic rings. The maximum atomic E-state index is 12.0. The summed E-state index contributed by atoms with van der Waals surface area (Å²) in [4.78, 5) is 25.6. The summed E-state index contributed by atoms with van der Waals surface area (Å²) in [5, 5.41) is 3.45. The Balaban J connectivity index is 1.76. The summed E-state index contributed by atoms with van der Waals surface area (Å²) in [6.45, 7) is 3.27. The van der Waals surface area contributed by atoms with Crippen LogP contribution in [-0.4, -0.2) is 36.3 Å². The molecule has 0 aliphatic heterocycles. The first-order valence-corrected chi connectivity index (χ1v) is 8.91. The van der Waals surface area contributed by atoms with Gasteiger partial charge in [-0.1, -0.05) is 23.3 Å². The Morgan fingerprint density at radius 2 is 1.92 bits per heavy atom. The molecule has 24 heavy (non-hydrogen) atoms. The van der Waals surface area contributed by atoms with Crippen molar-refractivity contribution >= 4 is 23.4 Å². The molecule has 1 N–H and O–H groups in total. The number of benzene rings is 1. The summed E-state index contributed by atoms with van der Waals surface area (Å²) < 4.78 is 0. The molecule has 0 atom stereocenters. The monoisotopic (exact) mass is 348 g/mol. The van der Waals surface area contributed by atoms with Gasteiger partial charge in [-0.2, -0.15) is 0 Å². The number of carbonyl (C=O) groups is 2. The lowest BCUT2D eigenvalue weighted by Gasteiger charge is -2.23. The van der Waals surface area contributed by atoms with Gasteiger partial charge in [0.15, 0.2) is 0 Å². The Labute approximate surface area is 148 Å². The minimum atomic E-state index is -0.148. The third kappa shape index (κ3) is 6.00. The quantitative estimate of drug-likeness (QED) is 0.762. The van der Waals surface area contributed by atoms with Crippen LogP contribution in [0.3, 0.4) is 0 Å². The van der Waals surface area contributed by atoms with Gasteiger partial charge in [0.25, 0.3) is 5.91 Å². The molecule has 0 radical (unpaired) electrons. The van der Waals surface area contributed by atoms with Crippen molar-refractivity contribution in [2.24, 2.45) is 0 Å². The zero-order valence-electron chi connectivity index (χ0n) is 14.2. The van der Waals surface area contributed by atoms with Crippen molar-refractivity contribution in [2.45, 2.75) is 39.0 Å². The summed E-state index contributed by atoms with van der Waals surface area (Å²) >= 11 is 5.82. The van der Waals surface area contributed by atoms with Crippen LogP contribution >= 0.6 is 11.6 Å². The zero-order chi connectivity index (χ0) is 17.4. The summed E-state index contributed by atoms with van der Waals surface area (Å²) in [5.74, 6) is -0.0997. The second kappa shape index (κ2) is 9.48. The number of halogens is 1. The fraction of sp³-hybridized carbons (Fsp3) is 0.474. The molecule has 0 spiro atoms. The number of nitrogens with one attached hydrogen (secondary N) is 1. The Hall–Kier alpha value is -1.81. The lowest BCUT2D eigenvalue weighted by Crippen LogP contribution is -2.38. The summed E-state index contributed by atoms with van der Waals surface area (Å²) in [5.41, 5.74) is 2.03. The molecule has 0 bridgehead atoms. The van der Waals surface area contributed by atoms with Crippen molar-refractivity contribution < 1.29 is 9.59 Å². The maximum Gasteiger partial charge on any atom is 0.251 e. The van der Waals surface area contributed by atoms with E-state index in [1.165, 1.54) is 18.4 Å². The number of nitrogens with zero attached hydrogens (tertiary/aromatic N) is 1. The number of amides is 2. The van der Waals surface area contributed by atoms with Crippen molar-refractivity contribution in [1.29, 1.82) is 0 Å². The second-order valence-electron chi connectivity index (χ2n) is 6.13. The first-order chi connectivity index (χ1) is 11.6. The van der Waals surface area contributed by atoms with Crippen LogP contribution in [0.15, 0.2) is 35.9 Å². The SMILES string of the molecule is CC(=O)N(CCNC(=O)c1ccc(Cl)cc1)CCC1=CCCCC1. The van der Waals surface area contributed by atoms with Gasteiger partial charge < -0.3 is 10.2 Å². The van der Waals surface area contributed by atoms with Crippen molar-refractivity contribution in [2.75, 3.05) is 19.6 Å². The highest BCUT2D eigenvalue weighted by atomic mass is 35.5. The zero-order valence-corrected chi connectivity index (χ0v) is 14.9. The molecule has 0 fully saturated rings. The highest BCUT2D eigenvalue weighted by Crippen LogP contribution is 2.20. The average Bonchev–Trinajstić information content (AvgIpc) is 2.59. The molecule has 0 aromatic heterocycles. The largest absolute Gasteiger partial charge is 0.350 e. The van der Waals surface area contributed by atoms with E-state index in [1.54, 1.807) is 36.1 Å².